The van der Waals surface area contributed by atoms with Crippen LogP contribution in [0.4, 0.5) is 0 Å². The zero-order chi connectivity index (χ0) is 23.8. The van der Waals surface area contributed by atoms with Gasteiger partial charge in [-0.3, -0.25) is 4.79 Å². The highest BCUT2D eigenvalue weighted by Gasteiger charge is 2.28. The molecule has 0 radical (unpaired) electrons. The first-order chi connectivity index (χ1) is 16.4. The smallest absolute Gasteiger partial charge is 0.339 e. The maximum atomic E-state index is 12.9. The van der Waals surface area contributed by atoms with Gasteiger partial charge >= 0.3 is 17.6 Å². The predicted octanol–water partition coefficient (Wildman–Crippen LogP) is 4.47. The van der Waals surface area contributed by atoms with E-state index in [4.69, 9.17) is 13.9 Å². The minimum absolute atomic E-state index is 0.0211. The van der Waals surface area contributed by atoms with Crippen LogP contribution in [0.3, 0.4) is 0 Å². The molecule has 1 N–H and O–H groups in total. The zero-order valence-corrected chi connectivity index (χ0v) is 18.4. The first-order valence-corrected chi connectivity index (χ1v) is 11.0. The Morgan fingerprint density at radius 2 is 1.85 bits per heavy atom. The second-order valence-electron chi connectivity index (χ2n) is 8.54. The number of ether oxygens (including phenoxy) is 2. The van der Waals surface area contributed by atoms with Crippen molar-refractivity contribution in [2.45, 2.75) is 31.8 Å². The molecule has 0 saturated carbocycles. The quantitative estimate of drug-likeness (QED) is 0.348. The summed E-state index contributed by atoms with van der Waals surface area (Å²) >= 11 is 0. The number of carbonyl (C=O) groups excluding carboxylic acids is 2. The molecule has 34 heavy (non-hydrogen) atoms. The molecule has 0 bridgehead atoms. The van der Waals surface area contributed by atoms with E-state index in [-0.39, 0.29) is 30.7 Å². The van der Waals surface area contributed by atoms with Gasteiger partial charge in [-0.2, -0.15) is 0 Å². The van der Waals surface area contributed by atoms with Crippen LogP contribution < -0.4 is 5.63 Å². The highest BCUT2D eigenvalue weighted by atomic mass is 16.6. The van der Waals surface area contributed by atoms with Crippen molar-refractivity contribution in [2.24, 2.45) is 0 Å². The van der Waals surface area contributed by atoms with Gasteiger partial charge in [-0.25, -0.2) is 9.59 Å². The number of fused-ring (bicyclic) bond motifs is 2. The van der Waals surface area contributed by atoms with Crippen LogP contribution in [0.15, 0.2) is 69.9 Å². The van der Waals surface area contributed by atoms with Crippen molar-refractivity contribution in [1.82, 2.24) is 0 Å². The molecule has 1 aliphatic rings. The summed E-state index contributed by atoms with van der Waals surface area (Å²) in [6.07, 6.45) is 0.0708. The summed E-state index contributed by atoms with van der Waals surface area (Å²) in [5.74, 6) is -0.813. The Balaban J connectivity index is 1.48. The Labute approximate surface area is 194 Å². The number of hydrogen-bond acceptors (Lipinski definition) is 7. The molecule has 0 amide bonds. The number of aromatic hydroxyl groups is 1. The van der Waals surface area contributed by atoms with E-state index >= 15 is 0 Å². The fourth-order valence-electron chi connectivity index (χ4n) is 4.55. The molecule has 0 spiro atoms. The number of carbonyl (C=O) groups is 2. The van der Waals surface area contributed by atoms with Crippen LogP contribution >= 0.6 is 0 Å². The molecule has 7 heteroatoms. The molecule has 7 nitrogen and oxygen atoms in total. The van der Waals surface area contributed by atoms with E-state index in [1.807, 2.05) is 30.3 Å². The van der Waals surface area contributed by atoms with Gasteiger partial charge in [-0.1, -0.05) is 37.3 Å². The lowest BCUT2D eigenvalue weighted by Crippen LogP contribution is -2.18. The summed E-state index contributed by atoms with van der Waals surface area (Å²) < 4.78 is 15.6. The van der Waals surface area contributed by atoms with Crippen molar-refractivity contribution in [3.05, 3.63) is 87.8 Å². The Bertz CT molecular complexity index is 1480. The van der Waals surface area contributed by atoms with Crippen molar-refractivity contribution >= 4 is 33.7 Å². The van der Waals surface area contributed by atoms with Gasteiger partial charge < -0.3 is 19.0 Å². The predicted molar refractivity (Wildman–Crippen MR) is 125 cm³/mol. The Morgan fingerprint density at radius 1 is 1.06 bits per heavy atom. The van der Waals surface area contributed by atoms with Crippen molar-refractivity contribution in [1.29, 1.82) is 0 Å². The number of benzene rings is 3. The molecule has 2 heterocycles. The van der Waals surface area contributed by atoms with Gasteiger partial charge in [0, 0.05) is 17.5 Å². The second kappa shape index (κ2) is 8.67. The number of hydrogen-bond donors (Lipinski definition) is 1. The average molecular weight is 458 g/mol. The van der Waals surface area contributed by atoms with Gasteiger partial charge in [0.25, 0.3) is 0 Å². The van der Waals surface area contributed by atoms with Crippen LogP contribution in [-0.4, -0.2) is 29.8 Å². The molecule has 4 aromatic rings. The minimum Gasteiger partial charge on any atom is -0.508 e. The summed E-state index contributed by atoms with van der Waals surface area (Å²) in [6.45, 7) is 2.14. The number of cyclic esters (lactones) is 1. The highest BCUT2D eigenvalue weighted by molar-refractivity contribution is 6.05. The molecule has 2 atom stereocenters. The van der Waals surface area contributed by atoms with Crippen LogP contribution in [0.25, 0.3) is 21.7 Å². The number of phenols is 1. The van der Waals surface area contributed by atoms with Crippen LogP contribution in [0.1, 0.15) is 40.7 Å². The third-order valence-electron chi connectivity index (χ3n) is 6.14. The fraction of sp³-hybridized carbons (Fsp3) is 0.222. The van der Waals surface area contributed by atoms with Crippen molar-refractivity contribution in [2.75, 3.05) is 6.61 Å². The van der Waals surface area contributed by atoms with E-state index in [1.165, 1.54) is 12.1 Å². The third-order valence-corrected chi connectivity index (χ3v) is 6.14. The Kier molecular flexibility index (Phi) is 5.53. The minimum atomic E-state index is -0.573. The van der Waals surface area contributed by atoms with E-state index in [2.05, 4.69) is 6.92 Å². The summed E-state index contributed by atoms with van der Waals surface area (Å²) in [5, 5.41) is 12.6. The van der Waals surface area contributed by atoms with Crippen LogP contribution in [-0.2, 0) is 20.7 Å². The van der Waals surface area contributed by atoms with Gasteiger partial charge in [0.15, 0.2) is 0 Å². The number of phenolic OH excluding ortho intramolecular Hbond substituents is 1. The van der Waals surface area contributed by atoms with E-state index in [1.54, 1.807) is 18.2 Å². The van der Waals surface area contributed by atoms with Gasteiger partial charge in [0.1, 0.15) is 24.0 Å². The van der Waals surface area contributed by atoms with E-state index in [0.29, 0.717) is 17.6 Å². The first kappa shape index (κ1) is 21.7. The average Bonchev–Trinajstić information content (AvgIpc) is 3.22. The molecule has 3 aromatic carbocycles. The highest BCUT2D eigenvalue weighted by Crippen LogP contribution is 2.33. The zero-order valence-electron chi connectivity index (χ0n) is 18.4. The maximum absolute atomic E-state index is 12.9. The number of esters is 2. The van der Waals surface area contributed by atoms with Gasteiger partial charge in [-0.05, 0) is 52.4 Å². The van der Waals surface area contributed by atoms with E-state index < -0.39 is 17.7 Å². The lowest BCUT2D eigenvalue weighted by Gasteiger charge is -2.18. The molecule has 0 aliphatic carbocycles. The van der Waals surface area contributed by atoms with Crippen LogP contribution in [0.5, 0.6) is 5.75 Å². The molecule has 172 valence electrons. The van der Waals surface area contributed by atoms with Gasteiger partial charge in [-0.15, -0.1) is 0 Å². The second-order valence-corrected chi connectivity index (χ2v) is 8.54. The van der Waals surface area contributed by atoms with Gasteiger partial charge in [0.2, 0.25) is 0 Å². The molecular weight excluding hydrogens is 436 g/mol. The third kappa shape index (κ3) is 4.12. The standard InChI is InChI=1S/C27H22O7/c1-15(10-16-11-17(28)12-24-20(16)8-9-25(29)34-24)19-6-7-23(22-5-3-2-4-21(19)22)27(31)33-18-13-26(30)32-14-18/h2-9,11-12,15,18,28H,10,13-14H2,1H3. The molecule has 1 saturated heterocycles. The van der Waals surface area contributed by atoms with Crippen LogP contribution in [0.2, 0.25) is 0 Å². The van der Waals surface area contributed by atoms with E-state index in [0.717, 1.165) is 27.3 Å². The van der Waals surface area contributed by atoms with Crippen LogP contribution in [0, 0.1) is 0 Å². The molecule has 1 aliphatic heterocycles. The molecule has 1 fully saturated rings. The van der Waals surface area contributed by atoms with Gasteiger partial charge in [0.05, 0.1) is 12.0 Å². The first-order valence-electron chi connectivity index (χ1n) is 11.0. The largest absolute Gasteiger partial charge is 0.508 e. The summed E-state index contributed by atoms with van der Waals surface area (Å²) in [4.78, 5) is 35.8. The number of rotatable bonds is 5. The maximum Gasteiger partial charge on any atom is 0.339 e. The van der Waals surface area contributed by atoms with Crippen molar-refractivity contribution in [3.8, 4) is 5.75 Å². The van der Waals surface area contributed by atoms with Crippen molar-refractivity contribution < 1.29 is 28.6 Å². The summed E-state index contributed by atoms with van der Waals surface area (Å²) in [6, 6.07) is 17.4. The molecular formula is C27H22O7. The van der Waals surface area contributed by atoms with E-state index in [9.17, 15) is 19.5 Å². The summed E-state index contributed by atoms with van der Waals surface area (Å²) in [5.41, 5.74) is 2.17. The lowest BCUT2D eigenvalue weighted by atomic mass is 9.87. The Hall–Kier alpha value is -4.13. The molecule has 5 rings (SSSR count). The Morgan fingerprint density at radius 3 is 2.62 bits per heavy atom. The normalized spacial score (nSPS) is 16.5. The summed E-state index contributed by atoms with van der Waals surface area (Å²) in [7, 11) is 0. The topological polar surface area (TPSA) is 103 Å². The van der Waals surface area contributed by atoms with Crippen molar-refractivity contribution in [3.63, 3.8) is 0 Å². The fourth-order valence-corrected chi connectivity index (χ4v) is 4.55. The lowest BCUT2D eigenvalue weighted by molar-refractivity contribution is -0.137. The molecule has 1 aromatic heterocycles. The SMILES string of the molecule is CC(Cc1cc(O)cc2oc(=O)ccc12)c1ccc(C(=O)OC2COC(=O)C2)c2ccccc12. The molecule has 2 unspecified atom stereocenters. The monoisotopic (exact) mass is 458 g/mol.